The summed E-state index contributed by atoms with van der Waals surface area (Å²) in [5, 5.41) is 6.73. The highest BCUT2D eigenvalue weighted by molar-refractivity contribution is 9.09. The number of rotatable bonds is 0. The molecule has 0 bridgehead atoms. The van der Waals surface area contributed by atoms with E-state index in [9.17, 15) is 4.39 Å². The lowest BCUT2D eigenvalue weighted by atomic mass is 9.90. The molecule has 2 aliphatic rings. The molecule has 0 aromatic rings. The summed E-state index contributed by atoms with van der Waals surface area (Å²) < 4.78 is 13.2. The number of fused-ring (bicyclic) bond motifs is 1. The van der Waals surface area contributed by atoms with E-state index in [-0.39, 0.29) is 17.2 Å². The number of halogens is 3. The van der Waals surface area contributed by atoms with Crippen LogP contribution in [0.15, 0.2) is 0 Å². The first kappa shape index (κ1) is 11.7. The molecule has 2 nitrogen and oxygen atoms in total. The van der Waals surface area contributed by atoms with Crippen molar-refractivity contribution in [3.05, 3.63) is 0 Å². The van der Waals surface area contributed by atoms with Crippen molar-refractivity contribution in [2.45, 2.75) is 49.0 Å². The molecule has 2 N–H and O–H groups in total. The SMILES string of the molecule is CC1NC2CC(F)C(Br)CC2N1.Cl. The zero-order valence-corrected chi connectivity index (χ0v) is 9.87. The van der Waals surface area contributed by atoms with Gasteiger partial charge in [0.2, 0.25) is 0 Å². The second kappa shape index (κ2) is 4.43. The molecule has 0 aromatic carbocycles. The zero-order valence-electron chi connectivity index (χ0n) is 7.47. The van der Waals surface area contributed by atoms with Crippen LogP contribution in [0, 0.1) is 0 Å². The molecular weight excluding hydrogens is 258 g/mol. The van der Waals surface area contributed by atoms with Crippen LogP contribution in [0.5, 0.6) is 0 Å². The van der Waals surface area contributed by atoms with Gasteiger partial charge in [-0.3, -0.25) is 10.6 Å². The topological polar surface area (TPSA) is 24.1 Å². The fraction of sp³-hybridized carbons (Fsp3) is 1.00. The molecule has 78 valence electrons. The predicted octanol–water partition coefficient (Wildman–Crippen LogP) is 1.58. The Bertz CT molecular complexity index is 166. The molecule has 1 saturated carbocycles. The summed E-state index contributed by atoms with van der Waals surface area (Å²) in [7, 11) is 0. The third-order valence-corrected chi connectivity index (χ3v) is 3.71. The fourth-order valence-electron chi connectivity index (χ4n) is 2.17. The van der Waals surface area contributed by atoms with Crippen molar-refractivity contribution in [2.75, 3.05) is 0 Å². The highest BCUT2D eigenvalue weighted by Gasteiger charge is 2.40. The van der Waals surface area contributed by atoms with Crippen molar-refractivity contribution in [3.8, 4) is 0 Å². The standard InChI is InChI=1S/C8H14BrFN2.ClH/c1-4-11-7-2-5(9)6(10)3-8(7)12-4;/h4-8,11-12H,2-3H2,1H3;1H. The van der Waals surface area contributed by atoms with Crippen molar-refractivity contribution in [2.24, 2.45) is 0 Å². The van der Waals surface area contributed by atoms with E-state index >= 15 is 0 Å². The summed E-state index contributed by atoms with van der Waals surface area (Å²) in [4.78, 5) is 0.0401. The molecule has 0 amide bonds. The number of hydrogen-bond acceptors (Lipinski definition) is 2. The summed E-state index contributed by atoms with van der Waals surface area (Å²) in [5.74, 6) is 0. The molecule has 5 heteroatoms. The Kier molecular flexibility index (Phi) is 3.98. The van der Waals surface area contributed by atoms with Gasteiger partial charge in [0.05, 0.1) is 6.17 Å². The first-order valence-electron chi connectivity index (χ1n) is 4.47. The van der Waals surface area contributed by atoms with Gasteiger partial charge < -0.3 is 0 Å². The Morgan fingerprint density at radius 3 is 2.38 bits per heavy atom. The van der Waals surface area contributed by atoms with Crippen molar-refractivity contribution in [3.63, 3.8) is 0 Å². The second-order valence-electron chi connectivity index (χ2n) is 3.77. The third-order valence-electron chi connectivity index (χ3n) is 2.76. The predicted molar refractivity (Wildman–Crippen MR) is 57.4 cm³/mol. The van der Waals surface area contributed by atoms with Crippen LogP contribution in [0.1, 0.15) is 19.8 Å². The molecule has 1 aliphatic heterocycles. The van der Waals surface area contributed by atoms with E-state index in [1.807, 2.05) is 0 Å². The van der Waals surface area contributed by atoms with Gasteiger partial charge in [-0.15, -0.1) is 12.4 Å². The van der Waals surface area contributed by atoms with E-state index in [1.165, 1.54) is 0 Å². The Morgan fingerprint density at radius 2 is 1.77 bits per heavy atom. The van der Waals surface area contributed by atoms with E-state index < -0.39 is 6.17 Å². The van der Waals surface area contributed by atoms with Gasteiger partial charge in [0, 0.05) is 16.9 Å². The summed E-state index contributed by atoms with van der Waals surface area (Å²) >= 11 is 3.37. The van der Waals surface area contributed by atoms with Gasteiger partial charge in [-0.1, -0.05) is 15.9 Å². The Labute approximate surface area is 92.6 Å². The maximum atomic E-state index is 13.2. The minimum Gasteiger partial charge on any atom is -0.298 e. The van der Waals surface area contributed by atoms with Crippen LogP contribution < -0.4 is 10.6 Å². The lowest BCUT2D eigenvalue weighted by Crippen LogP contribution is -2.45. The average molecular weight is 274 g/mol. The fourth-order valence-corrected chi connectivity index (χ4v) is 2.79. The first-order valence-corrected chi connectivity index (χ1v) is 5.38. The van der Waals surface area contributed by atoms with Crippen molar-refractivity contribution in [1.82, 2.24) is 10.6 Å². The van der Waals surface area contributed by atoms with Crippen molar-refractivity contribution in [1.29, 1.82) is 0 Å². The van der Waals surface area contributed by atoms with E-state index in [0.29, 0.717) is 24.7 Å². The van der Waals surface area contributed by atoms with E-state index in [0.717, 1.165) is 6.42 Å². The molecule has 13 heavy (non-hydrogen) atoms. The highest BCUT2D eigenvalue weighted by Crippen LogP contribution is 2.30. The molecule has 0 radical (unpaired) electrons. The largest absolute Gasteiger partial charge is 0.298 e. The smallest absolute Gasteiger partial charge is 0.114 e. The van der Waals surface area contributed by atoms with Gasteiger partial charge in [-0.25, -0.2) is 4.39 Å². The summed E-state index contributed by atoms with van der Waals surface area (Å²) in [6.45, 7) is 2.08. The number of nitrogens with one attached hydrogen (secondary N) is 2. The van der Waals surface area contributed by atoms with Crippen molar-refractivity contribution < 1.29 is 4.39 Å². The van der Waals surface area contributed by atoms with Gasteiger partial charge in [0.1, 0.15) is 6.17 Å². The van der Waals surface area contributed by atoms with Crippen LogP contribution in [-0.2, 0) is 0 Å². The number of hydrogen-bond donors (Lipinski definition) is 2. The molecule has 0 spiro atoms. The normalized spacial score (nSPS) is 49.6. The summed E-state index contributed by atoms with van der Waals surface area (Å²) in [6.07, 6.45) is 1.18. The van der Waals surface area contributed by atoms with Gasteiger partial charge >= 0.3 is 0 Å². The molecule has 2 rings (SSSR count). The quantitative estimate of drug-likeness (QED) is 0.655. The molecule has 1 heterocycles. The van der Waals surface area contributed by atoms with Crippen LogP contribution >= 0.6 is 28.3 Å². The lowest BCUT2D eigenvalue weighted by molar-refractivity contribution is 0.222. The molecule has 2 fully saturated rings. The molecule has 5 unspecified atom stereocenters. The lowest BCUT2D eigenvalue weighted by Gasteiger charge is -2.30. The highest BCUT2D eigenvalue weighted by atomic mass is 79.9. The molecule has 5 atom stereocenters. The average Bonchev–Trinajstić information content (AvgIpc) is 2.30. The van der Waals surface area contributed by atoms with Gasteiger partial charge in [0.15, 0.2) is 0 Å². The van der Waals surface area contributed by atoms with Gasteiger partial charge in [0.25, 0.3) is 0 Å². The maximum Gasteiger partial charge on any atom is 0.114 e. The van der Waals surface area contributed by atoms with Crippen LogP contribution in [0.25, 0.3) is 0 Å². The molecule has 1 aliphatic carbocycles. The van der Waals surface area contributed by atoms with Crippen LogP contribution in [0.2, 0.25) is 0 Å². The van der Waals surface area contributed by atoms with Crippen LogP contribution in [-0.4, -0.2) is 29.2 Å². The molecule has 0 aromatic heterocycles. The van der Waals surface area contributed by atoms with Crippen LogP contribution in [0.3, 0.4) is 0 Å². The van der Waals surface area contributed by atoms with Gasteiger partial charge in [-0.2, -0.15) is 0 Å². The number of alkyl halides is 2. The monoisotopic (exact) mass is 272 g/mol. The maximum absolute atomic E-state index is 13.2. The second-order valence-corrected chi connectivity index (χ2v) is 4.95. The first-order chi connectivity index (χ1) is 5.66. The minimum atomic E-state index is -0.689. The minimum absolute atomic E-state index is 0. The Morgan fingerprint density at radius 1 is 1.23 bits per heavy atom. The van der Waals surface area contributed by atoms with Crippen molar-refractivity contribution >= 4 is 28.3 Å². The zero-order chi connectivity index (χ0) is 8.72. The molecule has 1 saturated heterocycles. The Balaban J connectivity index is 0.000000845. The third kappa shape index (κ3) is 2.35. The van der Waals surface area contributed by atoms with Gasteiger partial charge in [-0.05, 0) is 19.8 Å². The molecular formula is C8H15BrClFN2. The van der Waals surface area contributed by atoms with Crippen LogP contribution in [0.4, 0.5) is 4.39 Å². The summed E-state index contributed by atoms with van der Waals surface area (Å²) in [5.41, 5.74) is 0. The Hall–Kier alpha value is 0.620. The van der Waals surface area contributed by atoms with E-state index in [2.05, 4.69) is 33.5 Å². The van der Waals surface area contributed by atoms with E-state index in [1.54, 1.807) is 0 Å². The summed E-state index contributed by atoms with van der Waals surface area (Å²) in [6, 6.07) is 0.792. The van der Waals surface area contributed by atoms with E-state index in [4.69, 9.17) is 0 Å².